The topological polar surface area (TPSA) is 62.7 Å². The highest BCUT2D eigenvalue weighted by Gasteiger charge is 2.15. The second-order valence-electron chi connectivity index (χ2n) is 6.81. The summed E-state index contributed by atoms with van der Waals surface area (Å²) >= 11 is 0. The number of benzene rings is 1. The Kier molecular flexibility index (Phi) is 4.79. The van der Waals surface area contributed by atoms with Gasteiger partial charge in [-0.05, 0) is 45.0 Å². The summed E-state index contributed by atoms with van der Waals surface area (Å²) in [5.41, 5.74) is 1.13. The molecule has 0 atom stereocenters. The minimum absolute atomic E-state index is 0.00236. The van der Waals surface area contributed by atoms with Crippen LogP contribution in [-0.2, 0) is 0 Å². The number of hydrogen-bond acceptors (Lipinski definition) is 5. The van der Waals surface area contributed by atoms with E-state index >= 15 is 0 Å². The van der Waals surface area contributed by atoms with Gasteiger partial charge < -0.3 is 10.6 Å². The Balaban J connectivity index is 2.03. The maximum Gasteiger partial charge on any atom is 0.225 e. The molecule has 0 saturated carbocycles. The Hall–Kier alpha value is -3.09. The molecule has 3 aromatic rings. The van der Waals surface area contributed by atoms with Crippen molar-refractivity contribution >= 4 is 17.5 Å². The SMILES string of the molecule is CC(C)(C)Nc1nc(Nc2cccc(F)c2F)cc(-c2cccnc2)n1. The molecule has 0 aliphatic carbocycles. The summed E-state index contributed by atoms with van der Waals surface area (Å²) in [7, 11) is 0. The molecule has 5 nitrogen and oxygen atoms in total. The molecule has 2 N–H and O–H groups in total. The van der Waals surface area contributed by atoms with Crippen LogP contribution in [0.2, 0.25) is 0 Å². The van der Waals surface area contributed by atoms with Gasteiger partial charge in [0.05, 0.1) is 11.4 Å². The third-order valence-electron chi connectivity index (χ3n) is 3.38. The van der Waals surface area contributed by atoms with Gasteiger partial charge in [-0.3, -0.25) is 4.98 Å². The van der Waals surface area contributed by atoms with Gasteiger partial charge >= 0.3 is 0 Å². The van der Waals surface area contributed by atoms with Crippen LogP contribution in [0.15, 0.2) is 48.8 Å². The molecule has 0 saturated heterocycles. The first-order chi connectivity index (χ1) is 12.3. The van der Waals surface area contributed by atoms with Crippen molar-refractivity contribution in [3.05, 3.63) is 60.4 Å². The first kappa shape index (κ1) is 17.7. The quantitative estimate of drug-likeness (QED) is 0.706. The largest absolute Gasteiger partial charge is 0.350 e. The molecule has 0 bridgehead atoms. The molecular formula is C19H19F2N5. The maximum atomic E-state index is 14.0. The van der Waals surface area contributed by atoms with E-state index in [9.17, 15) is 8.78 Å². The monoisotopic (exact) mass is 355 g/mol. The predicted molar refractivity (Wildman–Crippen MR) is 98.3 cm³/mol. The fourth-order valence-electron chi connectivity index (χ4n) is 2.30. The highest BCUT2D eigenvalue weighted by molar-refractivity contribution is 5.67. The molecule has 1 aromatic carbocycles. The van der Waals surface area contributed by atoms with E-state index in [1.807, 2.05) is 26.8 Å². The second kappa shape index (κ2) is 7.03. The summed E-state index contributed by atoms with van der Waals surface area (Å²) in [6.45, 7) is 5.94. The Morgan fingerprint density at radius 1 is 1.00 bits per heavy atom. The van der Waals surface area contributed by atoms with E-state index in [-0.39, 0.29) is 11.2 Å². The van der Waals surface area contributed by atoms with Crippen molar-refractivity contribution < 1.29 is 8.78 Å². The van der Waals surface area contributed by atoms with Gasteiger partial charge in [-0.1, -0.05) is 6.07 Å². The molecule has 0 fully saturated rings. The molecule has 0 spiro atoms. The van der Waals surface area contributed by atoms with Crippen molar-refractivity contribution in [3.8, 4) is 11.3 Å². The van der Waals surface area contributed by atoms with Crippen LogP contribution in [0.5, 0.6) is 0 Å². The molecular weight excluding hydrogens is 336 g/mol. The summed E-state index contributed by atoms with van der Waals surface area (Å²) in [4.78, 5) is 13.0. The van der Waals surface area contributed by atoms with Gasteiger partial charge in [0.25, 0.3) is 0 Å². The zero-order valence-electron chi connectivity index (χ0n) is 14.7. The van der Waals surface area contributed by atoms with Gasteiger partial charge in [0.15, 0.2) is 11.6 Å². The van der Waals surface area contributed by atoms with Crippen molar-refractivity contribution in [1.82, 2.24) is 15.0 Å². The number of nitrogens with one attached hydrogen (secondary N) is 2. The third kappa shape index (κ3) is 4.30. The van der Waals surface area contributed by atoms with E-state index in [0.29, 0.717) is 17.5 Å². The molecule has 0 radical (unpaired) electrons. The van der Waals surface area contributed by atoms with Gasteiger partial charge in [-0.25, -0.2) is 13.8 Å². The van der Waals surface area contributed by atoms with Crippen LogP contribution in [0.3, 0.4) is 0 Å². The Morgan fingerprint density at radius 2 is 1.81 bits per heavy atom. The number of aromatic nitrogens is 3. The standard InChI is InChI=1S/C19H19F2N5/c1-19(2,3)26-18-24-15(12-6-5-9-22-11-12)10-16(25-18)23-14-8-4-7-13(20)17(14)21/h4-11H,1-3H3,(H2,23,24,25,26). The van der Waals surface area contributed by atoms with Crippen LogP contribution >= 0.6 is 0 Å². The third-order valence-corrected chi connectivity index (χ3v) is 3.38. The zero-order chi connectivity index (χ0) is 18.7. The summed E-state index contributed by atoms with van der Waals surface area (Å²) in [6.07, 6.45) is 3.34. The molecule has 0 amide bonds. The van der Waals surface area contributed by atoms with Crippen molar-refractivity contribution in [2.24, 2.45) is 0 Å². The van der Waals surface area contributed by atoms with Crippen LogP contribution in [0.4, 0.5) is 26.2 Å². The molecule has 0 unspecified atom stereocenters. The van der Waals surface area contributed by atoms with E-state index in [1.54, 1.807) is 24.5 Å². The normalized spacial score (nSPS) is 11.3. The molecule has 134 valence electrons. The number of rotatable bonds is 4. The number of anilines is 3. The number of pyridine rings is 1. The summed E-state index contributed by atoms with van der Waals surface area (Å²) < 4.78 is 27.4. The fourth-order valence-corrected chi connectivity index (χ4v) is 2.30. The van der Waals surface area contributed by atoms with Crippen molar-refractivity contribution in [3.63, 3.8) is 0 Å². The molecule has 0 aliphatic rings. The number of hydrogen-bond donors (Lipinski definition) is 2. The molecule has 2 heterocycles. The lowest BCUT2D eigenvalue weighted by molar-refractivity contribution is 0.511. The Morgan fingerprint density at radius 3 is 2.50 bits per heavy atom. The number of halogens is 2. The van der Waals surface area contributed by atoms with E-state index in [2.05, 4.69) is 25.6 Å². The van der Waals surface area contributed by atoms with Gasteiger partial charge in [0, 0.05) is 29.6 Å². The minimum Gasteiger partial charge on any atom is -0.350 e. The highest BCUT2D eigenvalue weighted by Crippen LogP contribution is 2.26. The molecule has 26 heavy (non-hydrogen) atoms. The lowest BCUT2D eigenvalue weighted by Gasteiger charge is -2.21. The predicted octanol–water partition coefficient (Wildman–Crippen LogP) is 4.77. The van der Waals surface area contributed by atoms with Gasteiger partial charge in [-0.15, -0.1) is 0 Å². The van der Waals surface area contributed by atoms with Gasteiger partial charge in [-0.2, -0.15) is 4.98 Å². The van der Waals surface area contributed by atoms with Crippen molar-refractivity contribution in [2.75, 3.05) is 10.6 Å². The van der Waals surface area contributed by atoms with Gasteiger partial charge in [0.2, 0.25) is 5.95 Å². The van der Waals surface area contributed by atoms with Crippen LogP contribution < -0.4 is 10.6 Å². The average Bonchev–Trinajstić information content (AvgIpc) is 2.58. The van der Waals surface area contributed by atoms with Crippen molar-refractivity contribution in [1.29, 1.82) is 0 Å². The van der Waals surface area contributed by atoms with Gasteiger partial charge in [0.1, 0.15) is 5.82 Å². The van der Waals surface area contributed by atoms with Crippen LogP contribution in [-0.4, -0.2) is 20.5 Å². The summed E-state index contributed by atoms with van der Waals surface area (Å²) in [5.74, 6) is -1.17. The lowest BCUT2D eigenvalue weighted by atomic mass is 10.1. The van der Waals surface area contributed by atoms with E-state index in [4.69, 9.17) is 0 Å². The van der Waals surface area contributed by atoms with E-state index < -0.39 is 11.6 Å². The van der Waals surface area contributed by atoms with Crippen molar-refractivity contribution in [2.45, 2.75) is 26.3 Å². The highest BCUT2D eigenvalue weighted by atomic mass is 19.2. The molecule has 0 aliphatic heterocycles. The summed E-state index contributed by atoms with van der Waals surface area (Å²) in [5, 5.41) is 6.02. The molecule has 3 rings (SSSR count). The minimum atomic E-state index is -0.959. The lowest BCUT2D eigenvalue weighted by Crippen LogP contribution is -2.27. The maximum absolute atomic E-state index is 14.0. The molecule has 2 aromatic heterocycles. The van der Waals surface area contributed by atoms with Crippen LogP contribution in [0.1, 0.15) is 20.8 Å². The molecule has 7 heteroatoms. The van der Waals surface area contributed by atoms with E-state index in [0.717, 1.165) is 11.6 Å². The van der Waals surface area contributed by atoms with Crippen LogP contribution in [0, 0.1) is 11.6 Å². The van der Waals surface area contributed by atoms with E-state index in [1.165, 1.54) is 12.1 Å². The zero-order valence-corrected chi connectivity index (χ0v) is 14.7. The Bertz CT molecular complexity index is 908. The summed E-state index contributed by atoms with van der Waals surface area (Å²) in [6, 6.07) is 9.26. The second-order valence-corrected chi connectivity index (χ2v) is 6.81. The smallest absolute Gasteiger partial charge is 0.225 e. The van der Waals surface area contributed by atoms with Crippen LogP contribution in [0.25, 0.3) is 11.3 Å². The number of nitrogens with zero attached hydrogens (tertiary/aromatic N) is 3. The Labute approximate surface area is 150 Å². The first-order valence-electron chi connectivity index (χ1n) is 8.10. The average molecular weight is 355 g/mol. The first-order valence-corrected chi connectivity index (χ1v) is 8.10. The fraction of sp³-hybridized carbons (Fsp3) is 0.211.